The molecule has 0 spiro atoms. The zero-order valence-corrected chi connectivity index (χ0v) is 7.80. The van der Waals surface area contributed by atoms with Crippen LogP contribution in [0.4, 0.5) is 0 Å². The molecule has 3 nitrogen and oxygen atoms in total. The molecule has 0 aromatic heterocycles. The molecule has 1 rings (SSSR count). The van der Waals surface area contributed by atoms with Crippen LogP contribution in [0.2, 0.25) is 0 Å². The molecule has 0 bridgehead atoms. The van der Waals surface area contributed by atoms with Crippen LogP contribution in [0.1, 0.15) is 13.3 Å². The Morgan fingerprint density at radius 2 is 2.46 bits per heavy atom. The maximum absolute atomic E-state index is 8.74. The van der Waals surface area contributed by atoms with Crippen LogP contribution in [0.15, 0.2) is 28.4 Å². The molecule has 0 aromatic carbocycles. The first kappa shape index (κ1) is 9.69. The quantitative estimate of drug-likeness (QED) is 0.509. The molecular weight excluding hydrogens is 162 g/mol. The van der Waals surface area contributed by atoms with E-state index in [-0.39, 0.29) is 6.04 Å². The number of hydrogen-bond acceptors (Lipinski definition) is 3. The van der Waals surface area contributed by atoms with Gasteiger partial charge >= 0.3 is 0 Å². The summed E-state index contributed by atoms with van der Waals surface area (Å²) in [6.07, 6.45) is 0.823. The monoisotopic (exact) mass is 175 g/mol. The Bertz CT molecular complexity index is 307. The van der Waals surface area contributed by atoms with Gasteiger partial charge in [-0.3, -0.25) is 4.99 Å². The molecule has 1 heterocycles. The summed E-state index contributed by atoms with van der Waals surface area (Å²) in [5.74, 6) is 0. The summed E-state index contributed by atoms with van der Waals surface area (Å²) in [5, 5.41) is 12.0. The fourth-order valence-corrected chi connectivity index (χ4v) is 1.55. The zero-order valence-electron chi connectivity index (χ0n) is 7.80. The first-order valence-corrected chi connectivity index (χ1v) is 4.23. The van der Waals surface area contributed by atoms with E-state index in [1.54, 1.807) is 0 Å². The lowest BCUT2D eigenvalue weighted by atomic mass is 9.95. The normalized spacial score (nSPS) is 22.3. The summed E-state index contributed by atoms with van der Waals surface area (Å²) in [6, 6.07) is 2.20. The number of nitrogens with one attached hydrogen (secondary N) is 1. The van der Waals surface area contributed by atoms with Crippen molar-refractivity contribution in [3.8, 4) is 6.07 Å². The van der Waals surface area contributed by atoms with E-state index in [0.717, 1.165) is 24.2 Å². The molecule has 0 amide bonds. The van der Waals surface area contributed by atoms with Crippen molar-refractivity contribution in [3.63, 3.8) is 0 Å². The largest absolute Gasteiger partial charge is 0.310 e. The Morgan fingerprint density at radius 3 is 3.00 bits per heavy atom. The minimum absolute atomic E-state index is 0.154. The van der Waals surface area contributed by atoms with E-state index in [0.29, 0.717) is 5.57 Å². The van der Waals surface area contributed by atoms with Crippen LogP contribution in [-0.2, 0) is 0 Å². The number of nitriles is 1. The molecule has 0 aromatic rings. The van der Waals surface area contributed by atoms with Crippen molar-refractivity contribution in [3.05, 3.63) is 23.4 Å². The molecule has 0 fully saturated rings. The summed E-state index contributed by atoms with van der Waals surface area (Å²) >= 11 is 0. The molecule has 0 aliphatic carbocycles. The Labute approximate surface area is 78.5 Å². The van der Waals surface area contributed by atoms with Gasteiger partial charge in [-0.25, -0.2) is 0 Å². The van der Waals surface area contributed by atoms with Crippen LogP contribution in [0.3, 0.4) is 0 Å². The van der Waals surface area contributed by atoms with E-state index in [4.69, 9.17) is 5.26 Å². The van der Waals surface area contributed by atoms with Crippen molar-refractivity contribution in [2.24, 2.45) is 4.99 Å². The topological polar surface area (TPSA) is 48.2 Å². The maximum Gasteiger partial charge on any atom is 0.0989 e. The predicted octanol–water partition coefficient (Wildman–Crippen LogP) is 1.40. The van der Waals surface area contributed by atoms with Crippen molar-refractivity contribution < 1.29 is 0 Å². The van der Waals surface area contributed by atoms with Crippen molar-refractivity contribution >= 4 is 6.72 Å². The third kappa shape index (κ3) is 1.85. The van der Waals surface area contributed by atoms with Gasteiger partial charge in [-0.2, -0.15) is 5.26 Å². The zero-order chi connectivity index (χ0) is 9.84. The first-order chi connectivity index (χ1) is 6.20. The predicted molar refractivity (Wildman–Crippen MR) is 53.4 cm³/mol. The molecule has 3 heteroatoms. The van der Waals surface area contributed by atoms with Crippen LogP contribution in [0.5, 0.6) is 0 Å². The summed E-state index contributed by atoms with van der Waals surface area (Å²) in [6.45, 7) is 10.1. The average molecular weight is 175 g/mol. The highest BCUT2D eigenvalue weighted by molar-refractivity contribution is 5.48. The summed E-state index contributed by atoms with van der Waals surface area (Å²) in [5.41, 5.74) is 2.30. The smallest absolute Gasteiger partial charge is 0.0989 e. The molecule has 1 aliphatic heterocycles. The third-order valence-corrected chi connectivity index (χ3v) is 2.21. The number of nitrogens with zero attached hydrogens (tertiary/aromatic N) is 2. The van der Waals surface area contributed by atoms with Gasteiger partial charge in [0.2, 0.25) is 0 Å². The molecule has 1 unspecified atom stereocenters. The van der Waals surface area contributed by atoms with Gasteiger partial charge in [0.15, 0.2) is 0 Å². The standard InChI is InChI=1S/C10H13N3/c1-7(6-11)10-8(2)13-5-4-9(10)12-3/h8,13H,1,3-5H2,2H3. The van der Waals surface area contributed by atoms with E-state index >= 15 is 0 Å². The molecule has 1 atom stereocenters. The van der Waals surface area contributed by atoms with E-state index in [2.05, 4.69) is 23.6 Å². The SMILES string of the molecule is C=NC1=C(C(=C)C#N)C(C)NCC1. The molecule has 0 saturated heterocycles. The molecule has 0 radical (unpaired) electrons. The van der Waals surface area contributed by atoms with Crippen LogP contribution < -0.4 is 5.32 Å². The Balaban J connectivity index is 3.09. The highest BCUT2D eigenvalue weighted by atomic mass is 14.9. The Morgan fingerprint density at radius 1 is 1.77 bits per heavy atom. The van der Waals surface area contributed by atoms with Gasteiger partial charge in [-0.1, -0.05) is 6.58 Å². The molecule has 0 saturated carbocycles. The van der Waals surface area contributed by atoms with E-state index in [1.807, 2.05) is 13.0 Å². The number of hydrogen-bond donors (Lipinski definition) is 1. The fraction of sp³-hybridized carbons (Fsp3) is 0.400. The molecule has 1 aliphatic rings. The van der Waals surface area contributed by atoms with Crippen LogP contribution in [0.25, 0.3) is 0 Å². The summed E-state index contributed by atoms with van der Waals surface area (Å²) < 4.78 is 0. The van der Waals surface area contributed by atoms with Gasteiger partial charge in [0.05, 0.1) is 11.6 Å². The number of aliphatic imine (C=N–C) groups is 1. The molecule has 68 valence electrons. The summed E-state index contributed by atoms with van der Waals surface area (Å²) in [7, 11) is 0. The van der Waals surface area contributed by atoms with Gasteiger partial charge in [0.25, 0.3) is 0 Å². The third-order valence-electron chi connectivity index (χ3n) is 2.21. The number of rotatable bonds is 2. The maximum atomic E-state index is 8.74. The second-order valence-corrected chi connectivity index (χ2v) is 3.03. The minimum Gasteiger partial charge on any atom is -0.310 e. The highest BCUT2D eigenvalue weighted by Gasteiger charge is 2.20. The van der Waals surface area contributed by atoms with Crippen LogP contribution >= 0.6 is 0 Å². The van der Waals surface area contributed by atoms with Crippen LogP contribution in [-0.4, -0.2) is 19.3 Å². The lowest BCUT2D eigenvalue weighted by Gasteiger charge is -2.24. The highest BCUT2D eigenvalue weighted by Crippen LogP contribution is 2.23. The van der Waals surface area contributed by atoms with Gasteiger partial charge in [0, 0.05) is 30.3 Å². The van der Waals surface area contributed by atoms with Gasteiger partial charge in [-0.05, 0) is 13.6 Å². The lowest BCUT2D eigenvalue weighted by Crippen LogP contribution is -2.34. The minimum atomic E-state index is 0.154. The van der Waals surface area contributed by atoms with Gasteiger partial charge in [0.1, 0.15) is 0 Å². The van der Waals surface area contributed by atoms with E-state index in [9.17, 15) is 0 Å². The van der Waals surface area contributed by atoms with Crippen molar-refractivity contribution in [1.82, 2.24) is 5.32 Å². The molecular formula is C10H13N3. The Hall–Kier alpha value is -1.40. The van der Waals surface area contributed by atoms with E-state index < -0.39 is 0 Å². The lowest BCUT2D eigenvalue weighted by molar-refractivity contribution is 0.572. The summed E-state index contributed by atoms with van der Waals surface area (Å²) in [4.78, 5) is 3.93. The van der Waals surface area contributed by atoms with Crippen molar-refractivity contribution in [2.45, 2.75) is 19.4 Å². The second kappa shape index (κ2) is 4.01. The molecule has 1 N–H and O–H groups in total. The van der Waals surface area contributed by atoms with Gasteiger partial charge < -0.3 is 5.32 Å². The first-order valence-electron chi connectivity index (χ1n) is 4.23. The van der Waals surface area contributed by atoms with Gasteiger partial charge in [-0.15, -0.1) is 0 Å². The van der Waals surface area contributed by atoms with Crippen molar-refractivity contribution in [1.29, 1.82) is 5.26 Å². The average Bonchev–Trinajstić information content (AvgIpc) is 2.16. The molecule has 13 heavy (non-hydrogen) atoms. The Kier molecular flexibility index (Phi) is 2.99. The van der Waals surface area contributed by atoms with E-state index in [1.165, 1.54) is 0 Å². The van der Waals surface area contributed by atoms with Crippen LogP contribution in [0, 0.1) is 11.3 Å². The second-order valence-electron chi connectivity index (χ2n) is 3.03. The van der Waals surface area contributed by atoms with Crippen molar-refractivity contribution in [2.75, 3.05) is 6.54 Å². The fourth-order valence-electron chi connectivity index (χ4n) is 1.55.